The van der Waals surface area contributed by atoms with Gasteiger partial charge in [0.1, 0.15) is 5.78 Å². The molecular weight excluding hydrogens is 340 g/mol. The molecule has 0 atom stereocenters. The molecule has 25 heavy (non-hydrogen) atoms. The van der Waals surface area contributed by atoms with E-state index in [2.05, 4.69) is 15.0 Å². The molecule has 0 aliphatic heterocycles. The van der Waals surface area contributed by atoms with Crippen LogP contribution in [0.25, 0.3) is 0 Å². The van der Waals surface area contributed by atoms with E-state index in [0.29, 0.717) is 19.4 Å². The molecule has 1 N–H and O–H groups in total. The normalized spacial score (nSPS) is 12.3. The highest BCUT2D eigenvalue weighted by Crippen LogP contribution is 2.18. The molecule has 0 saturated carbocycles. The second-order valence-corrected chi connectivity index (χ2v) is 8.82. The van der Waals surface area contributed by atoms with Gasteiger partial charge < -0.3 is 0 Å². The van der Waals surface area contributed by atoms with E-state index in [9.17, 15) is 13.2 Å². The summed E-state index contributed by atoms with van der Waals surface area (Å²) in [6.45, 7) is 6.21. The molecule has 7 nitrogen and oxygen atoms in total. The molecule has 0 aliphatic rings. The number of rotatable bonds is 7. The first kappa shape index (κ1) is 19.3. The van der Waals surface area contributed by atoms with Gasteiger partial charge in [0.05, 0.1) is 17.1 Å². The van der Waals surface area contributed by atoms with Crippen molar-refractivity contribution in [1.82, 2.24) is 19.7 Å². The number of carbonyl (C=O) groups excluding carboxylic acids is 1. The highest BCUT2D eigenvalue weighted by atomic mass is 32.2. The van der Waals surface area contributed by atoms with Crippen molar-refractivity contribution in [2.45, 2.75) is 45.1 Å². The standard InChI is InChI=1S/C17H24N4O3S/c1-17(2,3)16(22)10-7-14-12-21(20-19-14)11-13-5-8-15(9-6-13)25(23,24)18-4/h5-6,8-9,12,18H,7,10-11H2,1-4H3. The summed E-state index contributed by atoms with van der Waals surface area (Å²) < 4.78 is 27.4. The lowest BCUT2D eigenvalue weighted by Gasteiger charge is -2.15. The van der Waals surface area contributed by atoms with E-state index >= 15 is 0 Å². The molecule has 2 aromatic rings. The number of hydrogen-bond donors (Lipinski definition) is 1. The van der Waals surface area contributed by atoms with E-state index in [1.165, 1.54) is 7.05 Å². The Labute approximate surface area is 148 Å². The summed E-state index contributed by atoms with van der Waals surface area (Å²) >= 11 is 0. The lowest BCUT2D eigenvalue weighted by Crippen LogP contribution is -2.20. The summed E-state index contributed by atoms with van der Waals surface area (Å²) in [4.78, 5) is 12.2. The second kappa shape index (κ2) is 7.45. The largest absolute Gasteiger partial charge is 0.299 e. The smallest absolute Gasteiger partial charge is 0.240 e. The van der Waals surface area contributed by atoms with Gasteiger partial charge in [-0.2, -0.15) is 0 Å². The molecule has 1 aromatic carbocycles. The Morgan fingerprint density at radius 2 is 1.84 bits per heavy atom. The van der Waals surface area contributed by atoms with Crippen molar-refractivity contribution >= 4 is 15.8 Å². The van der Waals surface area contributed by atoms with E-state index in [4.69, 9.17) is 0 Å². The van der Waals surface area contributed by atoms with Gasteiger partial charge in [-0.3, -0.25) is 4.79 Å². The predicted molar refractivity (Wildman–Crippen MR) is 94.6 cm³/mol. The minimum absolute atomic E-state index is 0.198. The topological polar surface area (TPSA) is 94.0 Å². The summed E-state index contributed by atoms with van der Waals surface area (Å²) in [7, 11) is -2.05. The Bertz CT molecular complexity index is 834. The second-order valence-electron chi connectivity index (χ2n) is 6.93. The molecule has 0 spiro atoms. The van der Waals surface area contributed by atoms with Gasteiger partial charge in [-0.25, -0.2) is 17.8 Å². The van der Waals surface area contributed by atoms with E-state index in [1.54, 1.807) is 28.9 Å². The number of ketones is 1. The molecule has 0 radical (unpaired) electrons. The monoisotopic (exact) mass is 364 g/mol. The van der Waals surface area contributed by atoms with Crippen LogP contribution in [0.1, 0.15) is 38.4 Å². The molecule has 0 fully saturated rings. The third kappa shape index (κ3) is 5.20. The number of nitrogens with zero attached hydrogens (tertiary/aromatic N) is 3. The third-order valence-corrected chi connectivity index (χ3v) is 5.31. The van der Waals surface area contributed by atoms with Gasteiger partial charge in [-0.15, -0.1) is 5.10 Å². The Morgan fingerprint density at radius 1 is 1.20 bits per heavy atom. The zero-order valence-electron chi connectivity index (χ0n) is 15.0. The predicted octanol–water partition coefficient (Wildman–Crippen LogP) is 1.78. The van der Waals surface area contributed by atoms with E-state index in [-0.39, 0.29) is 16.1 Å². The molecule has 0 unspecified atom stereocenters. The van der Waals surface area contributed by atoms with Crippen LogP contribution in [-0.4, -0.2) is 36.2 Å². The van der Waals surface area contributed by atoms with Crippen LogP contribution in [0, 0.1) is 5.41 Å². The average Bonchev–Trinajstić information content (AvgIpc) is 2.99. The van der Waals surface area contributed by atoms with Crippen molar-refractivity contribution in [3.05, 3.63) is 41.7 Å². The molecule has 0 amide bonds. The Balaban J connectivity index is 1.98. The Kier molecular flexibility index (Phi) is 5.74. The molecule has 8 heteroatoms. The van der Waals surface area contributed by atoms with Crippen molar-refractivity contribution in [2.24, 2.45) is 5.41 Å². The summed E-state index contributed by atoms with van der Waals surface area (Å²) in [5.74, 6) is 0.198. The van der Waals surface area contributed by atoms with Crippen molar-refractivity contribution in [3.63, 3.8) is 0 Å². The van der Waals surface area contributed by atoms with Gasteiger partial charge >= 0.3 is 0 Å². The fourth-order valence-corrected chi connectivity index (χ4v) is 2.96. The number of Topliss-reactive ketones (excluding diaryl/α,β-unsaturated/α-hetero) is 1. The van der Waals surface area contributed by atoms with E-state index in [0.717, 1.165) is 11.3 Å². The number of aryl methyl sites for hydroxylation is 1. The fourth-order valence-electron chi connectivity index (χ4n) is 2.23. The number of hydrogen-bond acceptors (Lipinski definition) is 5. The van der Waals surface area contributed by atoms with Crippen LogP contribution >= 0.6 is 0 Å². The molecular formula is C17H24N4O3S. The fraction of sp³-hybridized carbons (Fsp3) is 0.471. The van der Waals surface area contributed by atoms with Crippen LogP contribution in [0.15, 0.2) is 35.4 Å². The van der Waals surface area contributed by atoms with E-state index in [1.807, 2.05) is 27.0 Å². The Morgan fingerprint density at radius 3 is 2.40 bits per heavy atom. The molecule has 136 valence electrons. The maximum atomic E-state index is 12.0. The van der Waals surface area contributed by atoms with Crippen LogP contribution in [0.3, 0.4) is 0 Å². The summed E-state index contributed by atoms with van der Waals surface area (Å²) in [5, 5.41) is 8.16. The minimum atomic E-state index is -3.43. The van der Waals surface area contributed by atoms with Crippen molar-refractivity contribution < 1.29 is 13.2 Å². The van der Waals surface area contributed by atoms with Gasteiger partial charge in [0.25, 0.3) is 0 Å². The molecule has 0 bridgehead atoms. The number of carbonyl (C=O) groups is 1. The lowest BCUT2D eigenvalue weighted by molar-refractivity contribution is -0.126. The minimum Gasteiger partial charge on any atom is -0.299 e. The molecule has 0 aliphatic carbocycles. The zero-order chi connectivity index (χ0) is 18.7. The number of nitrogens with one attached hydrogen (secondary N) is 1. The first-order chi connectivity index (χ1) is 11.6. The van der Waals surface area contributed by atoms with Crippen LogP contribution in [-0.2, 0) is 27.8 Å². The van der Waals surface area contributed by atoms with Gasteiger partial charge in [0.2, 0.25) is 10.0 Å². The number of aromatic nitrogens is 3. The zero-order valence-corrected chi connectivity index (χ0v) is 15.8. The van der Waals surface area contributed by atoms with Crippen molar-refractivity contribution in [1.29, 1.82) is 0 Å². The van der Waals surface area contributed by atoms with Gasteiger partial charge in [-0.1, -0.05) is 38.1 Å². The SMILES string of the molecule is CNS(=O)(=O)c1ccc(Cn2cc(CCC(=O)C(C)(C)C)nn2)cc1. The van der Waals surface area contributed by atoms with Gasteiger partial charge in [-0.05, 0) is 24.7 Å². The van der Waals surface area contributed by atoms with Crippen LogP contribution in [0.5, 0.6) is 0 Å². The first-order valence-corrected chi connectivity index (χ1v) is 9.55. The maximum Gasteiger partial charge on any atom is 0.240 e. The van der Waals surface area contributed by atoms with Crippen LogP contribution < -0.4 is 4.72 Å². The summed E-state index contributed by atoms with van der Waals surface area (Å²) in [6, 6.07) is 6.60. The molecule has 1 aromatic heterocycles. The number of sulfonamides is 1. The number of benzene rings is 1. The molecule has 1 heterocycles. The maximum absolute atomic E-state index is 12.0. The van der Waals surface area contributed by atoms with Crippen molar-refractivity contribution in [3.8, 4) is 0 Å². The van der Waals surface area contributed by atoms with Crippen LogP contribution in [0.2, 0.25) is 0 Å². The van der Waals surface area contributed by atoms with Crippen LogP contribution in [0.4, 0.5) is 0 Å². The van der Waals surface area contributed by atoms with Gasteiger partial charge in [0.15, 0.2) is 0 Å². The highest BCUT2D eigenvalue weighted by molar-refractivity contribution is 7.89. The van der Waals surface area contributed by atoms with E-state index < -0.39 is 10.0 Å². The average molecular weight is 364 g/mol. The van der Waals surface area contributed by atoms with Gasteiger partial charge in [0, 0.05) is 24.5 Å². The Hall–Kier alpha value is -2.06. The highest BCUT2D eigenvalue weighted by Gasteiger charge is 2.20. The van der Waals surface area contributed by atoms with Crippen molar-refractivity contribution in [2.75, 3.05) is 7.05 Å². The molecule has 2 rings (SSSR count). The summed E-state index contributed by atoms with van der Waals surface area (Å²) in [6.07, 6.45) is 2.82. The third-order valence-electron chi connectivity index (χ3n) is 3.88. The molecule has 0 saturated heterocycles. The quantitative estimate of drug-likeness (QED) is 0.808. The summed E-state index contributed by atoms with van der Waals surface area (Å²) in [5.41, 5.74) is 1.34. The lowest BCUT2D eigenvalue weighted by atomic mass is 9.88. The first-order valence-electron chi connectivity index (χ1n) is 8.06.